The molecule has 1 atom stereocenters. The molecule has 1 saturated heterocycles. The largest absolute Gasteiger partial charge is 0.366 e. The van der Waals surface area contributed by atoms with Crippen LogP contribution in [0.4, 0.5) is 0 Å². The molecule has 0 spiro atoms. The number of thiophene rings is 1. The summed E-state index contributed by atoms with van der Waals surface area (Å²) < 4.78 is 1.11. The molecule has 5 heteroatoms. The molecule has 0 amide bonds. The Morgan fingerprint density at radius 1 is 1.29 bits per heavy atom. The molecular weight excluding hydrogens is 346 g/mol. The van der Waals surface area contributed by atoms with Gasteiger partial charge in [-0.3, -0.25) is 4.90 Å². The fourth-order valence-corrected chi connectivity index (χ4v) is 4.53. The first-order valence-corrected chi connectivity index (χ1v) is 9.02. The second-order valence-corrected chi connectivity index (χ2v) is 7.75. The summed E-state index contributed by atoms with van der Waals surface area (Å²) in [6.45, 7) is 3.62. The highest BCUT2D eigenvalue weighted by Gasteiger charge is 2.26. The van der Waals surface area contributed by atoms with E-state index in [4.69, 9.17) is 0 Å². The molecule has 0 saturated carbocycles. The summed E-state index contributed by atoms with van der Waals surface area (Å²) in [5.74, 6) is 0. The molecule has 1 N–H and O–H groups in total. The third kappa shape index (κ3) is 2.70. The van der Waals surface area contributed by atoms with Gasteiger partial charge >= 0.3 is 0 Å². The summed E-state index contributed by atoms with van der Waals surface area (Å²) in [6, 6.07) is 4.54. The first-order valence-electron chi connectivity index (χ1n) is 7.41. The average Bonchev–Trinajstić information content (AvgIpc) is 3.19. The molecule has 3 aliphatic heterocycles. The van der Waals surface area contributed by atoms with E-state index in [0.29, 0.717) is 0 Å². The fraction of sp³-hybridized carbons (Fsp3) is 0.375. The maximum atomic E-state index is 3.56. The average molecular weight is 364 g/mol. The maximum absolute atomic E-state index is 3.56. The van der Waals surface area contributed by atoms with Gasteiger partial charge in [-0.25, -0.2) is 0 Å². The molecule has 0 aromatic carbocycles. The van der Waals surface area contributed by atoms with Gasteiger partial charge in [0.2, 0.25) is 0 Å². The molecule has 3 aliphatic rings. The Morgan fingerprint density at radius 3 is 3.00 bits per heavy atom. The molecule has 21 heavy (non-hydrogen) atoms. The number of nitrogens with one attached hydrogen (secondary N) is 1. The predicted molar refractivity (Wildman–Crippen MR) is 91.7 cm³/mol. The normalized spacial score (nSPS) is 24.8. The van der Waals surface area contributed by atoms with Gasteiger partial charge in [-0.2, -0.15) is 0 Å². The summed E-state index contributed by atoms with van der Waals surface area (Å²) in [5.41, 5.74) is 1.26. The van der Waals surface area contributed by atoms with Crippen LogP contribution >= 0.6 is 27.3 Å². The maximum Gasteiger partial charge on any atom is 0.122 e. The van der Waals surface area contributed by atoms with E-state index >= 15 is 0 Å². The van der Waals surface area contributed by atoms with Gasteiger partial charge in [0.25, 0.3) is 0 Å². The Morgan fingerprint density at radius 2 is 2.14 bits per heavy atom. The predicted octanol–water partition coefficient (Wildman–Crippen LogP) is 3.68. The number of nitrogens with zero attached hydrogens (tertiary/aromatic N) is 2. The number of allylic oxidation sites excluding steroid dienone is 2. The third-order valence-electron chi connectivity index (χ3n) is 4.16. The fourth-order valence-electron chi connectivity index (χ4n) is 3.09. The number of hydrogen-bond donors (Lipinski definition) is 1. The minimum absolute atomic E-state index is 0.255. The van der Waals surface area contributed by atoms with E-state index in [2.05, 4.69) is 67.7 Å². The van der Waals surface area contributed by atoms with Crippen LogP contribution in [0.5, 0.6) is 0 Å². The molecule has 1 unspecified atom stereocenters. The van der Waals surface area contributed by atoms with Gasteiger partial charge in [-0.15, -0.1) is 11.3 Å². The van der Waals surface area contributed by atoms with Gasteiger partial charge in [0.15, 0.2) is 0 Å². The minimum Gasteiger partial charge on any atom is -0.366 e. The number of fused-ring (bicyclic) bond motifs is 1. The zero-order valence-corrected chi connectivity index (χ0v) is 14.2. The zero-order valence-electron chi connectivity index (χ0n) is 11.8. The molecule has 1 aromatic heterocycles. The molecule has 1 aromatic rings. The highest BCUT2D eigenvalue weighted by Crippen LogP contribution is 2.34. The van der Waals surface area contributed by atoms with Gasteiger partial charge < -0.3 is 10.2 Å². The van der Waals surface area contributed by atoms with Crippen LogP contribution in [0.25, 0.3) is 5.70 Å². The number of hydrogen-bond acceptors (Lipinski definition) is 4. The van der Waals surface area contributed by atoms with Crippen LogP contribution in [-0.4, -0.2) is 29.1 Å². The number of likely N-dealkylation sites (tertiary alicyclic amines) is 1. The molecule has 110 valence electrons. The van der Waals surface area contributed by atoms with E-state index in [1.54, 1.807) is 0 Å². The lowest BCUT2D eigenvalue weighted by molar-refractivity contribution is 0.334. The van der Waals surface area contributed by atoms with E-state index < -0.39 is 0 Å². The monoisotopic (exact) mass is 363 g/mol. The Bertz CT molecular complexity index is 625. The van der Waals surface area contributed by atoms with E-state index in [9.17, 15) is 0 Å². The quantitative estimate of drug-likeness (QED) is 0.883. The number of halogens is 1. The standard InChI is InChI=1S/C16H18BrN3S/c17-12-3-6-16-18-9-14(20(16)10-12)15-5-4-13(21-15)11-19-7-1-2-8-19/h3-6,9-10,16,18H,1-2,7-8,11H2. The van der Waals surface area contributed by atoms with Crippen molar-refractivity contribution in [3.63, 3.8) is 0 Å². The summed E-state index contributed by atoms with van der Waals surface area (Å²) in [6.07, 6.45) is 11.5. The topological polar surface area (TPSA) is 18.5 Å². The van der Waals surface area contributed by atoms with Crippen LogP contribution in [0.2, 0.25) is 0 Å². The van der Waals surface area contributed by atoms with Gasteiger partial charge in [0.05, 0.1) is 10.6 Å². The van der Waals surface area contributed by atoms with Crippen LogP contribution in [0.1, 0.15) is 22.6 Å². The van der Waals surface area contributed by atoms with Crippen molar-refractivity contribution < 1.29 is 0 Å². The van der Waals surface area contributed by atoms with Crippen molar-refractivity contribution in [2.75, 3.05) is 13.1 Å². The highest BCUT2D eigenvalue weighted by atomic mass is 79.9. The summed E-state index contributed by atoms with van der Waals surface area (Å²) in [5, 5.41) is 3.42. The van der Waals surface area contributed by atoms with E-state index in [1.165, 1.54) is 41.4 Å². The van der Waals surface area contributed by atoms with Crippen LogP contribution < -0.4 is 5.32 Å². The molecular formula is C16H18BrN3S. The molecule has 0 bridgehead atoms. The van der Waals surface area contributed by atoms with Gasteiger partial charge in [0, 0.05) is 28.3 Å². The molecule has 0 aliphatic carbocycles. The molecule has 4 heterocycles. The Kier molecular flexibility index (Phi) is 3.65. The lowest BCUT2D eigenvalue weighted by Crippen LogP contribution is -2.32. The second kappa shape index (κ2) is 5.63. The first kappa shape index (κ1) is 13.6. The number of rotatable bonds is 3. The van der Waals surface area contributed by atoms with E-state index in [0.717, 1.165) is 11.0 Å². The minimum atomic E-state index is 0.255. The van der Waals surface area contributed by atoms with Crippen molar-refractivity contribution in [3.8, 4) is 0 Å². The van der Waals surface area contributed by atoms with Gasteiger partial charge in [-0.1, -0.05) is 0 Å². The highest BCUT2D eigenvalue weighted by molar-refractivity contribution is 9.11. The second-order valence-electron chi connectivity index (χ2n) is 5.67. The summed E-state index contributed by atoms with van der Waals surface area (Å²) in [4.78, 5) is 7.65. The smallest absolute Gasteiger partial charge is 0.122 e. The van der Waals surface area contributed by atoms with Crippen molar-refractivity contribution in [2.24, 2.45) is 0 Å². The first-order chi connectivity index (χ1) is 10.3. The Hall–Kier alpha value is -1.04. The van der Waals surface area contributed by atoms with Gasteiger partial charge in [0.1, 0.15) is 6.17 Å². The lowest BCUT2D eigenvalue weighted by Gasteiger charge is -2.25. The van der Waals surface area contributed by atoms with Crippen molar-refractivity contribution in [1.82, 2.24) is 15.1 Å². The molecule has 3 nitrogen and oxygen atoms in total. The van der Waals surface area contributed by atoms with Crippen LogP contribution in [0, 0.1) is 0 Å². The van der Waals surface area contributed by atoms with Crippen molar-refractivity contribution in [2.45, 2.75) is 25.6 Å². The Balaban J connectivity index is 1.52. The van der Waals surface area contributed by atoms with Crippen LogP contribution in [-0.2, 0) is 6.54 Å². The van der Waals surface area contributed by atoms with Crippen molar-refractivity contribution in [3.05, 3.63) is 50.9 Å². The van der Waals surface area contributed by atoms with E-state index in [-0.39, 0.29) is 6.17 Å². The van der Waals surface area contributed by atoms with Crippen LogP contribution in [0.3, 0.4) is 0 Å². The van der Waals surface area contributed by atoms with Crippen molar-refractivity contribution in [1.29, 1.82) is 0 Å². The summed E-state index contributed by atoms with van der Waals surface area (Å²) in [7, 11) is 0. The molecule has 1 fully saturated rings. The SMILES string of the molecule is BrC1=CN2C(c3ccc(CN4CCCC4)s3)=CNC2C=C1. The van der Waals surface area contributed by atoms with E-state index in [1.807, 2.05) is 11.3 Å². The van der Waals surface area contributed by atoms with Crippen LogP contribution in [0.15, 0.2) is 41.2 Å². The Labute approximate surface area is 137 Å². The molecule has 4 rings (SSSR count). The van der Waals surface area contributed by atoms with Crippen molar-refractivity contribution >= 4 is 33.0 Å². The van der Waals surface area contributed by atoms with Gasteiger partial charge in [-0.05, 0) is 66.1 Å². The summed E-state index contributed by atoms with van der Waals surface area (Å²) >= 11 is 5.48. The lowest BCUT2D eigenvalue weighted by atomic mass is 10.2. The third-order valence-corrected chi connectivity index (χ3v) is 5.72. The zero-order chi connectivity index (χ0) is 14.2. The molecule has 0 radical (unpaired) electrons.